The quantitative estimate of drug-likeness (QED) is 0.571. The highest BCUT2D eigenvalue weighted by Crippen LogP contribution is 2.23. The molecular formula is C10H7NO4. The van der Waals surface area contributed by atoms with Crippen molar-refractivity contribution in [3.8, 4) is 11.8 Å². The zero-order valence-corrected chi connectivity index (χ0v) is 7.85. The van der Waals surface area contributed by atoms with Gasteiger partial charge in [0.15, 0.2) is 6.29 Å². The van der Waals surface area contributed by atoms with Crippen molar-refractivity contribution in [2.24, 2.45) is 0 Å². The average molecular weight is 205 g/mol. The van der Waals surface area contributed by atoms with Gasteiger partial charge in [-0.15, -0.1) is 0 Å². The molecule has 1 N–H and O–H groups in total. The first kappa shape index (κ1) is 10.7. The number of carbonyl (C=O) groups excluding carboxylic acids is 2. The van der Waals surface area contributed by atoms with Crippen molar-refractivity contribution in [1.29, 1.82) is 5.26 Å². The van der Waals surface area contributed by atoms with Gasteiger partial charge in [0.2, 0.25) is 0 Å². The van der Waals surface area contributed by atoms with Crippen molar-refractivity contribution < 1.29 is 19.4 Å². The molecule has 5 nitrogen and oxygen atoms in total. The summed E-state index contributed by atoms with van der Waals surface area (Å²) in [4.78, 5) is 21.8. The molecule has 1 aromatic carbocycles. The van der Waals surface area contributed by atoms with E-state index in [9.17, 15) is 14.7 Å². The fourth-order valence-electron chi connectivity index (χ4n) is 1.14. The Kier molecular flexibility index (Phi) is 3.03. The van der Waals surface area contributed by atoms with Gasteiger partial charge in [-0.3, -0.25) is 4.79 Å². The van der Waals surface area contributed by atoms with Crippen molar-refractivity contribution >= 4 is 12.3 Å². The van der Waals surface area contributed by atoms with E-state index in [1.165, 1.54) is 6.07 Å². The molecule has 76 valence electrons. The molecule has 0 heterocycles. The Balaban J connectivity index is 3.54. The number of hydrogen-bond acceptors (Lipinski definition) is 5. The summed E-state index contributed by atoms with van der Waals surface area (Å²) in [6.07, 6.45) is 0.435. The Morgan fingerprint density at radius 3 is 2.73 bits per heavy atom. The van der Waals surface area contributed by atoms with E-state index in [4.69, 9.17) is 5.26 Å². The lowest BCUT2D eigenvalue weighted by atomic mass is 10.0. The molecule has 0 aliphatic carbocycles. The van der Waals surface area contributed by atoms with Crippen LogP contribution < -0.4 is 0 Å². The van der Waals surface area contributed by atoms with E-state index >= 15 is 0 Å². The first-order chi connectivity index (χ1) is 7.15. The number of phenolic OH excluding ortho intramolecular Hbond substituents is 1. The summed E-state index contributed by atoms with van der Waals surface area (Å²) in [7, 11) is 1.12. The molecule has 0 bridgehead atoms. The average Bonchev–Trinajstić information content (AvgIpc) is 2.27. The molecular weight excluding hydrogens is 198 g/mol. The predicted octanol–water partition coefficient (Wildman–Crippen LogP) is 0.863. The van der Waals surface area contributed by atoms with Gasteiger partial charge in [0.25, 0.3) is 0 Å². The Morgan fingerprint density at radius 1 is 1.60 bits per heavy atom. The molecule has 1 aromatic rings. The van der Waals surface area contributed by atoms with Crippen molar-refractivity contribution in [1.82, 2.24) is 0 Å². The third-order valence-corrected chi connectivity index (χ3v) is 1.84. The van der Waals surface area contributed by atoms with Crippen LogP contribution in [0.3, 0.4) is 0 Å². The molecule has 0 aromatic heterocycles. The molecule has 0 aliphatic rings. The van der Waals surface area contributed by atoms with Crippen LogP contribution in [0.4, 0.5) is 0 Å². The van der Waals surface area contributed by atoms with Crippen LogP contribution in [-0.2, 0) is 4.74 Å². The number of aldehydes is 1. The molecule has 1 rings (SSSR count). The summed E-state index contributed by atoms with van der Waals surface area (Å²) >= 11 is 0. The van der Waals surface area contributed by atoms with E-state index in [1.807, 2.05) is 0 Å². The van der Waals surface area contributed by atoms with E-state index < -0.39 is 5.97 Å². The number of methoxy groups -OCH3 is 1. The minimum absolute atomic E-state index is 0.0377. The number of benzene rings is 1. The number of carbonyl (C=O) groups is 2. The summed E-state index contributed by atoms with van der Waals surface area (Å²) in [5.41, 5.74) is -0.433. The SMILES string of the molecule is COC(=O)c1c(O)ccc(C=O)c1C#N. The summed E-state index contributed by atoms with van der Waals surface area (Å²) in [6.45, 7) is 0. The number of phenols is 1. The lowest BCUT2D eigenvalue weighted by Crippen LogP contribution is -2.06. The largest absolute Gasteiger partial charge is 0.507 e. The molecule has 5 heteroatoms. The summed E-state index contributed by atoms with van der Waals surface area (Å²) in [5.74, 6) is -1.24. The third kappa shape index (κ3) is 1.79. The highest BCUT2D eigenvalue weighted by Gasteiger charge is 2.19. The number of rotatable bonds is 2. The van der Waals surface area contributed by atoms with E-state index in [-0.39, 0.29) is 22.4 Å². The first-order valence-electron chi connectivity index (χ1n) is 3.95. The van der Waals surface area contributed by atoms with Gasteiger partial charge >= 0.3 is 5.97 Å². The van der Waals surface area contributed by atoms with E-state index in [0.29, 0.717) is 6.29 Å². The van der Waals surface area contributed by atoms with Crippen LogP contribution in [0.1, 0.15) is 26.3 Å². The molecule has 0 atom stereocenters. The van der Waals surface area contributed by atoms with Crippen LogP contribution in [-0.4, -0.2) is 24.5 Å². The number of hydrogen-bond donors (Lipinski definition) is 1. The van der Waals surface area contributed by atoms with Crippen LogP contribution in [0, 0.1) is 11.3 Å². The Morgan fingerprint density at radius 2 is 2.27 bits per heavy atom. The van der Waals surface area contributed by atoms with E-state index in [2.05, 4.69) is 4.74 Å². The van der Waals surface area contributed by atoms with Gasteiger partial charge < -0.3 is 9.84 Å². The number of nitriles is 1. The van der Waals surface area contributed by atoms with Gasteiger partial charge in [0.05, 0.1) is 12.7 Å². The smallest absolute Gasteiger partial charge is 0.343 e. The third-order valence-electron chi connectivity index (χ3n) is 1.84. The van der Waals surface area contributed by atoms with Crippen molar-refractivity contribution in [2.75, 3.05) is 7.11 Å². The molecule has 0 saturated heterocycles. The molecule has 0 amide bonds. The highest BCUT2D eigenvalue weighted by atomic mass is 16.5. The van der Waals surface area contributed by atoms with Crippen molar-refractivity contribution in [3.63, 3.8) is 0 Å². The van der Waals surface area contributed by atoms with Gasteiger partial charge in [-0.1, -0.05) is 0 Å². The maximum Gasteiger partial charge on any atom is 0.343 e. The van der Waals surface area contributed by atoms with E-state index in [1.54, 1.807) is 6.07 Å². The minimum Gasteiger partial charge on any atom is -0.507 e. The van der Waals surface area contributed by atoms with Crippen molar-refractivity contribution in [2.45, 2.75) is 0 Å². The highest BCUT2D eigenvalue weighted by molar-refractivity contribution is 5.98. The van der Waals surface area contributed by atoms with E-state index in [0.717, 1.165) is 13.2 Å². The molecule has 0 aliphatic heterocycles. The Labute approximate surface area is 85.5 Å². The second-order valence-electron chi connectivity index (χ2n) is 2.65. The second-order valence-corrected chi connectivity index (χ2v) is 2.65. The van der Waals surface area contributed by atoms with Gasteiger partial charge in [-0.25, -0.2) is 4.79 Å². The lowest BCUT2D eigenvalue weighted by Gasteiger charge is -2.05. The number of nitrogens with zero attached hydrogens (tertiary/aromatic N) is 1. The molecule has 15 heavy (non-hydrogen) atoms. The molecule has 0 spiro atoms. The van der Waals surface area contributed by atoms with Crippen LogP contribution in [0.2, 0.25) is 0 Å². The summed E-state index contributed by atoms with van der Waals surface area (Å²) < 4.78 is 4.39. The second kappa shape index (κ2) is 4.24. The topological polar surface area (TPSA) is 87.4 Å². The molecule has 0 saturated carbocycles. The maximum absolute atomic E-state index is 11.2. The fraction of sp³-hybridized carbons (Fsp3) is 0.100. The zero-order chi connectivity index (χ0) is 11.4. The van der Waals surface area contributed by atoms with Crippen LogP contribution >= 0.6 is 0 Å². The van der Waals surface area contributed by atoms with Gasteiger partial charge in [0.1, 0.15) is 17.4 Å². The van der Waals surface area contributed by atoms with Crippen LogP contribution in [0.5, 0.6) is 5.75 Å². The summed E-state index contributed by atoms with van der Waals surface area (Å²) in [5, 5.41) is 18.1. The molecule has 0 unspecified atom stereocenters. The minimum atomic E-state index is -0.854. The van der Waals surface area contributed by atoms with Gasteiger partial charge in [-0.2, -0.15) is 5.26 Å². The zero-order valence-electron chi connectivity index (χ0n) is 7.85. The monoisotopic (exact) mass is 205 g/mol. The number of aromatic hydroxyl groups is 1. The summed E-state index contributed by atoms with van der Waals surface area (Å²) in [6, 6.07) is 4.10. The first-order valence-corrected chi connectivity index (χ1v) is 3.95. The van der Waals surface area contributed by atoms with Gasteiger partial charge in [-0.05, 0) is 12.1 Å². The standard InChI is InChI=1S/C10H7NO4/c1-15-10(14)9-7(4-11)6(5-12)2-3-8(9)13/h2-3,5,13H,1H3. The van der Waals surface area contributed by atoms with Crippen LogP contribution in [0.25, 0.3) is 0 Å². The number of ether oxygens (including phenoxy) is 1. The normalized spacial score (nSPS) is 9.07. The Hall–Kier alpha value is -2.35. The number of esters is 1. The lowest BCUT2D eigenvalue weighted by molar-refractivity contribution is 0.0597. The maximum atomic E-state index is 11.2. The Bertz CT molecular complexity index is 459. The molecule has 0 fully saturated rings. The molecule has 0 radical (unpaired) electrons. The van der Waals surface area contributed by atoms with Crippen LogP contribution in [0.15, 0.2) is 12.1 Å². The van der Waals surface area contributed by atoms with Gasteiger partial charge in [0, 0.05) is 5.56 Å². The predicted molar refractivity (Wildman–Crippen MR) is 49.5 cm³/mol. The van der Waals surface area contributed by atoms with Crippen molar-refractivity contribution in [3.05, 3.63) is 28.8 Å². The fourth-order valence-corrected chi connectivity index (χ4v) is 1.14.